The lowest BCUT2D eigenvalue weighted by Crippen LogP contribution is -2.43. The van der Waals surface area contributed by atoms with E-state index in [4.69, 9.17) is 9.84 Å². The van der Waals surface area contributed by atoms with Crippen molar-refractivity contribution < 1.29 is 19.4 Å². The van der Waals surface area contributed by atoms with E-state index >= 15 is 0 Å². The number of rotatable bonds is 7. The molecule has 0 unspecified atom stereocenters. The number of para-hydroxylation sites is 1. The van der Waals surface area contributed by atoms with Gasteiger partial charge in [-0.1, -0.05) is 41.7 Å². The van der Waals surface area contributed by atoms with E-state index < -0.39 is 12.0 Å². The molecule has 1 aromatic heterocycles. The number of aromatic carboxylic acids is 1. The number of thiazole rings is 1. The Morgan fingerprint density at radius 2 is 1.81 bits per heavy atom. The van der Waals surface area contributed by atoms with Gasteiger partial charge in [-0.05, 0) is 50.6 Å². The molecule has 1 aliphatic heterocycles. The van der Waals surface area contributed by atoms with Crippen molar-refractivity contribution >= 4 is 29.3 Å². The van der Waals surface area contributed by atoms with Crippen LogP contribution in [0.1, 0.15) is 48.3 Å². The van der Waals surface area contributed by atoms with E-state index in [-0.39, 0.29) is 17.0 Å². The van der Waals surface area contributed by atoms with Crippen molar-refractivity contribution in [2.45, 2.75) is 26.8 Å². The molecule has 0 saturated heterocycles. The van der Waals surface area contributed by atoms with Gasteiger partial charge < -0.3 is 14.7 Å². The van der Waals surface area contributed by atoms with Crippen molar-refractivity contribution in [2.75, 3.05) is 20.2 Å². The van der Waals surface area contributed by atoms with Gasteiger partial charge in [-0.25, -0.2) is 9.79 Å². The molecule has 2 heterocycles. The van der Waals surface area contributed by atoms with Crippen LogP contribution in [0.5, 0.6) is 5.75 Å². The number of benzene rings is 2. The first-order valence-electron chi connectivity index (χ1n) is 11.6. The van der Waals surface area contributed by atoms with E-state index in [2.05, 4.69) is 4.99 Å². The molecule has 0 spiro atoms. The van der Waals surface area contributed by atoms with E-state index in [0.29, 0.717) is 50.6 Å². The minimum Gasteiger partial charge on any atom is -0.496 e. The summed E-state index contributed by atoms with van der Waals surface area (Å²) in [6.07, 6.45) is 1.71. The molecule has 0 saturated carbocycles. The minimum absolute atomic E-state index is 0.167. The SMILES string of the molecule is CCN(CC)C(=O)C1=C(C)N=c2s/c(=C/c3ccc(C(=O)O)cc3)c(=O)n2[C@@H]1c1ccccc1OC. The largest absolute Gasteiger partial charge is 0.496 e. The average molecular weight is 506 g/mol. The first kappa shape index (κ1) is 25.1. The van der Waals surface area contributed by atoms with Gasteiger partial charge in [0.1, 0.15) is 11.8 Å². The zero-order valence-corrected chi connectivity index (χ0v) is 21.3. The Kier molecular flexibility index (Phi) is 7.21. The summed E-state index contributed by atoms with van der Waals surface area (Å²) in [5, 5.41) is 9.15. The number of nitrogens with zero attached hydrogens (tertiary/aromatic N) is 3. The molecule has 0 radical (unpaired) electrons. The third-order valence-electron chi connectivity index (χ3n) is 6.19. The number of hydrogen-bond donors (Lipinski definition) is 1. The number of carbonyl (C=O) groups excluding carboxylic acids is 1. The molecule has 2 aromatic carbocycles. The van der Waals surface area contributed by atoms with Gasteiger partial charge in [0.25, 0.3) is 11.5 Å². The van der Waals surface area contributed by atoms with Crippen LogP contribution in [-0.2, 0) is 4.79 Å². The summed E-state index contributed by atoms with van der Waals surface area (Å²) >= 11 is 1.23. The highest BCUT2D eigenvalue weighted by atomic mass is 32.1. The molecule has 0 aliphatic carbocycles. The predicted octanol–water partition coefficient (Wildman–Crippen LogP) is 2.81. The molecule has 0 fully saturated rings. The minimum atomic E-state index is -1.02. The number of methoxy groups -OCH3 is 1. The van der Waals surface area contributed by atoms with Crippen molar-refractivity contribution in [2.24, 2.45) is 4.99 Å². The van der Waals surface area contributed by atoms with Crippen molar-refractivity contribution in [3.8, 4) is 5.75 Å². The number of carboxylic acid groups (broad SMARTS) is 1. The smallest absolute Gasteiger partial charge is 0.335 e. The summed E-state index contributed by atoms with van der Waals surface area (Å²) in [6.45, 7) is 6.68. The van der Waals surface area contributed by atoms with Crippen molar-refractivity contribution in [1.29, 1.82) is 0 Å². The highest BCUT2D eigenvalue weighted by Crippen LogP contribution is 2.35. The molecule has 0 bridgehead atoms. The number of amides is 1. The lowest BCUT2D eigenvalue weighted by molar-refractivity contribution is -0.127. The van der Waals surface area contributed by atoms with Crippen molar-refractivity contribution in [3.63, 3.8) is 0 Å². The van der Waals surface area contributed by atoms with E-state index in [1.807, 2.05) is 38.1 Å². The van der Waals surface area contributed by atoms with Crippen molar-refractivity contribution in [1.82, 2.24) is 9.47 Å². The van der Waals surface area contributed by atoms with Gasteiger partial charge in [-0.15, -0.1) is 0 Å². The fourth-order valence-electron chi connectivity index (χ4n) is 4.34. The van der Waals surface area contributed by atoms with Gasteiger partial charge in [0.2, 0.25) is 0 Å². The van der Waals surface area contributed by atoms with Crippen LogP contribution in [0, 0.1) is 0 Å². The number of hydrogen-bond acceptors (Lipinski definition) is 6. The van der Waals surface area contributed by atoms with Gasteiger partial charge in [-0.2, -0.15) is 0 Å². The summed E-state index contributed by atoms with van der Waals surface area (Å²) in [4.78, 5) is 45.5. The van der Waals surface area contributed by atoms with Crippen LogP contribution < -0.4 is 19.6 Å². The fraction of sp³-hybridized carbons (Fsp3) is 0.259. The molecular formula is C27H27N3O5S. The molecule has 1 aliphatic rings. The van der Waals surface area contributed by atoms with Gasteiger partial charge in [0.05, 0.1) is 28.5 Å². The van der Waals surface area contributed by atoms with Crippen LogP contribution in [-0.4, -0.2) is 46.6 Å². The summed E-state index contributed by atoms with van der Waals surface area (Å²) in [7, 11) is 1.56. The maximum Gasteiger partial charge on any atom is 0.335 e. The molecule has 3 aromatic rings. The second-order valence-corrected chi connectivity index (χ2v) is 9.24. The number of aromatic nitrogens is 1. The van der Waals surface area contributed by atoms with Crippen molar-refractivity contribution in [3.05, 3.63) is 96.2 Å². The van der Waals surface area contributed by atoms with Crippen LogP contribution in [0.4, 0.5) is 0 Å². The van der Waals surface area contributed by atoms with E-state index in [1.54, 1.807) is 41.7 Å². The molecule has 4 rings (SSSR count). The van der Waals surface area contributed by atoms with Crippen LogP contribution in [0.25, 0.3) is 6.08 Å². The fourth-order valence-corrected chi connectivity index (χ4v) is 5.38. The Hall–Kier alpha value is -3.98. The maximum absolute atomic E-state index is 13.8. The van der Waals surface area contributed by atoms with E-state index in [0.717, 1.165) is 0 Å². The lowest BCUT2D eigenvalue weighted by Gasteiger charge is -2.29. The normalized spacial score (nSPS) is 15.3. The molecule has 9 heteroatoms. The second-order valence-electron chi connectivity index (χ2n) is 8.23. The number of allylic oxidation sites excluding steroid dienone is 1. The van der Waals surface area contributed by atoms with Crippen LogP contribution >= 0.6 is 11.3 Å². The number of likely N-dealkylation sites (N-methyl/N-ethyl adjacent to an activating group) is 1. The summed E-state index contributed by atoms with van der Waals surface area (Å²) < 4.78 is 7.61. The highest BCUT2D eigenvalue weighted by Gasteiger charge is 2.35. The summed E-state index contributed by atoms with van der Waals surface area (Å²) in [5.74, 6) is -0.616. The monoisotopic (exact) mass is 505 g/mol. The van der Waals surface area contributed by atoms with E-state index in [9.17, 15) is 14.4 Å². The Bertz CT molecular complexity index is 1530. The first-order valence-corrected chi connectivity index (χ1v) is 12.4. The second kappa shape index (κ2) is 10.3. The van der Waals surface area contributed by atoms with Crippen LogP contribution in [0.2, 0.25) is 0 Å². The maximum atomic E-state index is 13.8. The Balaban J connectivity index is 1.95. The molecule has 8 nitrogen and oxygen atoms in total. The Labute approximate surface area is 212 Å². The Morgan fingerprint density at radius 3 is 2.42 bits per heavy atom. The number of ether oxygens (including phenoxy) is 1. The molecule has 186 valence electrons. The van der Waals surface area contributed by atoms with Gasteiger partial charge in [0, 0.05) is 18.7 Å². The first-order chi connectivity index (χ1) is 17.3. The quantitative estimate of drug-likeness (QED) is 0.532. The average Bonchev–Trinajstić information content (AvgIpc) is 3.18. The van der Waals surface area contributed by atoms with Gasteiger partial charge >= 0.3 is 5.97 Å². The van der Waals surface area contributed by atoms with Crippen LogP contribution in [0.3, 0.4) is 0 Å². The zero-order chi connectivity index (χ0) is 26.0. The lowest BCUT2D eigenvalue weighted by atomic mass is 9.94. The summed E-state index contributed by atoms with van der Waals surface area (Å²) in [6, 6.07) is 13.0. The predicted molar refractivity (Wildman–Crippen MR) is 138 cm³/mol. The third kappa shape index (κ3) is 4.49. The zero-order valence-electron chi connectivity index (χ0n) is 20.5. The number of carboxylic acids is 1. The van der Waals surface area contributed by atoms with Gasteiger partial charge in [0.15, 0.2) is 4.80 Å². The third-order valence-corrected chi connectivity index (χ3v) is 7.17. The Morgan fingerprint density at radius 1 is 1.14 bits per heavy atom. The molecular weight excluding hydrogens is 478 g/mol. The topological polar surface area (TPSA) is 101 Å². The molecule has 1 N–H and O–H groups in total. The van der Waals surface area contributed by atoms with Gasteiger partial charge in [-0.3, -0.25) is 14.2 Å². The molecule has 1 amide bonds. The number of carbonyl (C=O) groups is 2. The molecule has 36 heavy (non-hydrogen) atoms. The number of fused-ring (bicyclic) bond motifs is 1. The highest BCUT2D eigenvalue weighted by molar-refractivity contribution is 7.07. The molecule has 1 atom stereocenters. The standard InChI is InChI=1S/C27H27N3O5S/c1-5-29(6-2)25(32)22-16(3)28-27-30(23(22)19-9-7-8-10-20(19)35-4)24(31)21(36-27)15-17-11-13-18(14-12-17)26(33)34/h7-15,23H,5-6H2,1-4H3,(H,33,34)/b21-15+/t23-/m1/s1. The van der Waals surface area contributed by atoms with E-state index in [1.165, 1.54) is 23.5 Å². The van der Waals surface area contributed by atoms with Crippen LogP contribution in [0.15, 0.2) is 69.6 Å². The summed E-state index contributed by atoms with van der Waals surface area (Å²) in [5.41, 5.74) is 2.26.